The summed E-state index contributed by atoms with van der Waals surface area (Å²) in [6.45, 7) is 5.57. The predicted octanol–water partition coefficient (Wildman–Crippen LogP) is 5.33. The van der Waals surface area contributed by atoms with Crippen LogP contribution in [0.5, 0.6) is 0 Å². The van der Waals surface area contributed by atoms with Crippen molar-refractivity contribution in [2.75, 3.05) is 11.9 Å². The molecule has 5 heteroatoms. The van der Waals surface area contributed by atoms with Gasteiger partial charge in [0.2, 0.25) is 0 Å². The SMILES string of the molecule is CN(C(=O)OC(C)(C)C)c1cnccc1-c1cccc2ccsc12. The van der Waals surface area contributed by atoms with Gasteiger partial charge in [-0.1, -0.05) is 18.2 Å². The van der Waals surface area contributed by atoms with Crippen LogP contribution < -0.4 is 4.90 Å². The van der Waals surface area contributed by atoms with E-state index < -0.39 is 11.7 Å². The summed E-state index contributed by atoms with van der Waals surface area (Å²) in [5, 5.41) is 3.27. The number of ether oxygens (including phenoxy) is 1. The smallest absolute Gasteiger partial charge is 0.414 e. The van der Waals surface area contributed by atoms with E-state index in [9.17, 15) is 4.79 Å². The standard InChI is InChI=1S/C19H20N2O2S/c1-19(2,3)23-18(22)21(4)16-12-20-10-8-14(16)15-7-5-6-13-9-11-24-17(13)15/h5-12H,1-4H3. The maximum atomic E-state index is 12.4. The van der Waals surface area contributed by atoms with Gasteiger partial charge >= 0.3 is 6.09 Å². The highest BCUT2D eigenvalue weighted by molar-refractivity contribution is 7.17. The van der Waals surface area contributed by atoms with Crippen LogP contribution in [-0.4, -0.2) is 23.7 Å². The van der Waals surface area contributed by atoms with E-state index >= 15 is 0 Å². The highest BCUT2D eigenvalue weighted by atomic mass is 32.1. The first-order chi connectivity index (χ1) is 11.4. The van der Waals surface area contributed by atoms with Gasteiger partial charge in [-0.3, -0.25) is 9.88 Å². The molecule has 0 atom stereocenters. The Morgan fingerprint density at radius 3 is 2.71 bits per heavy atom. The third-order valence-corrected chi connectivity index (χ3v) is 4.56. The van der Waals surface area contributed by atoms with Crippen molar-refractivity contribution in [3.05, 3.63) is 48.1 Å². The number of anilines is 1. The summed E-state index contributed by atoms with van der Waals surface area (Å²) in [4.78, 5) is 18.1. The summed E-state index contributed by atoms with van der Waals surface area (Å²) < 4.78 is 6.68. The second-order valence-electron chi connectivity index (χ2n) is 6.58. The number of aromatic nitrogens is 1. The van der Waals surface area contributed by atoms with Gasteiger partial charge in [0, 0.05) is 29.1 Å². The zero-order valence-electron chi connectivity index (χ0n) is 14.2. The Labute approximate surface area is 145 Å². The molecule has 3 rings (SSSR count). The molecule has 0 unspecified atom stereocenters. The molecule has 1 aromatic carbocycles. The van der Waals surface area contributed by atoms with Crippen LogP contribution in [0, 0.1) is 0 Å². The molecule has 0 saturated heterocycles. The topological polar surface area (TPSA) is 42.4 Å². The number of fused-ring (bicyclic) bond motifs is 1. The van der Waals surface area contributed by atoms with E-state index in [-0.39, 0.29) is 0 Å². The minimum Gasteiger partial charge on any atom is -0.443 e. The fraction of sp³-hybridized carbons (Fsp3) is 0.263. The summed E-state index contributed by atoms with van der Waals surface area (Å²) in [6.07, 6.45) is 3.05. The third-order valence-electron chi connectivity index (χ3n) is 3.60. The van der Waals surface area contributed by atoms with Crippen molar-refractivity contribution >= 4 is 33.2 Å². The molecule has 24 heavy (non-hydrogen) atoms. The van der Waals surface area contributed by atoms with Crippen molar-refractivity contribution in [2.24, 2.45) is 0 Å². The van der Waals surface area contributed by atoms with Crippen LogP contribution in [0.4, 0.5) is 10.5 Å². The van der Waals surface area contributed by atoms with E-state index in [2.05, 4.69) is 28.6 Å². The Bertz CT molecular complexity index is 880. The third kappa shape index (κ3) is 3.26. The van der Waals surface area contributed by atoms with E-state index in [0.717, 1.165) is 16.8 Å². The molecular weight excluding hydrogens is 320 g/mol. The number of carbonyl (C=O) groups is 1. The molecule has 0 fully saturated rings. The summed E-state index contributed by atoms with van der Waals surface area (Å²) in [5.74, 6) is 0. The lowest BCUT2D eigenvalue weighted by molar-refractivity contribution is 0.0589. The van der Waals surface area contributed by atoms with Crippen LogP contribution in [0.25, 0.3) is 21.2 Å². The Morgan fingerprint density at radius 1 is 1.17 bits per heavy atom. The van der Waals surface area contributed by atoms with Gasteiger partial charge in [0.15, 0.2) is 0 Å². The van der Waals surface area contributed by atoms with Crippen LogP contribution in [0.3, 0.4) is 0 Å². The van der Waals surface area contributed by atoms with Crippen molar-refractivity contribution in [1.29, 1.82) is 0 Å². The summed E-state index contributed by atoms with van der Waals surface area (Å²) in [5.41, 5.74) is 2.25. The molecule has 0 spiro atoms. The highest BCUT2D eigenvalue weighted by Gasteiger charge is 2.23. The van der Waals surface area contributed by atoms with Crippen LogP contribution in [-0.2, 0) is 4.74 Å². The fourth-order valence-electron chi connectivity index (χ4n) is 2.52. The van der Waals surface area contributed by atoms with Gasteiger partial charge in [-0.25, -0.2) is 4.79 Å². The van der Waals surface area contributed by atoms with Gasteiger partial charge < -0.3 is 4.74 Å². The first-order valence-corrected chi connectivity index (χ1v) is 8.62. The lowest BCUT2D eigenvalue weighted by Crippen LogP contribution is -2.34. The normalized spacial score (nSPS) is 11.5. The fourth-order valence-corrected chi connectivity index (χ4v) is 3.44. The van der Waals surface area contributed by atoms with E-state index in [4.69, 9.17) is 4.74 Å². The van der Waals surface area contributed by atoms with Crippen molar-refractivity contribution < 1.29 is 9.53 Å². The second-order valence-corrected chi connectivity index (χ2v) is 7.49. The summed E-state index contributed by atoms with van der Waals surface area (Å²) in [7, 11) is 1.71. The van der Waals surface area contributed by atoms with Crippen molar-refractivity contribution in [3.8, 4) is 11.1 Å². The van der Waals surface area contributed by atoms with Gasteiger partial charge in [0.1, 0.15) is 5.60 Å². The molecule has 1 amide bonds. The molecule has 0 N–H and O–H groups in total. The average molecular weight is 340 g/mol. The lowest BCUT2D eigenvalue weighted by Gasteiger charge is -2.25. The molecular formula is C19H20N2O2S. The molecule has 3 aromatic rings. The Hall–Kier alpha value is -2.40. The number of benzene rings is 1. The lowest BCUT2D eigenvalue weighted by atomic mass is 10.0. The minimum absolute atomic E-state index is 0.393. The second kappa shape index (κ2) is 6.24. The maximum absolute atomic E-state index is 12.4. The predicted molar refractivity (Wildman–Crippen MR) is 99.7 cm³/mol. The van der Waals surface area contributed by atoms with Crippen molar-refractivity contribution in [1.82, 2.24) is 4.98 Å². The largest absolute Gasteiger partial charge is 0.443 e. The van der Waals surface area contributed by atoms with Gasteiger partial charge in [0.05, 0.1) is 11.9 Å². The molecule has 2 aromatic heterocycles. The number of rotatable bonds is 2. The highest BCUT2D eigenvalue weighted by Crippen LogP contribution is 2.37. The molecule has 2 heterocycles. The zero-order valence-corrected chi connectivity index (χ0v) is 15.1. The van der Waals surface area contributed by atoms with Gasteiger partial charge in [-0.15, -0.1) is 11.3 Å². The Morgan fingerprint density at radius 2 is 1.96 bits per heavy atom. The number of carbonyl (C=O) groups excluding carboxylic acids is 1. The number of pyridine rings is 1. The van der Waals surface area contributed by atoms with Gasteiger partial charge in [-0.05, 0) is 43.7 Å². The molecule has 124 valence electrons. The van der Waals surface area contributed by atoms with E-state index in [1.807, 2.05) is 32.9 Å². The minimum atomic E-state index is -0.540. The average Bonchev–Trinajstić information content (AvgIpc) is 3.01. The van der Waals surface area contributed by atoms with Crippen LogP contribution in [0.2, 0.25) is 0 Å². The molecule has 0 radical (unpaired) electrons. The molecule has 0 aliphatic carbocycles. The summed E-state index contributed by atoms with van der Waals surface area (Å²) in [6, 6.07) is 10.2. The van der Waals surface area contributed by atoms with Gasteiger partial charge in [-0.2, -0.15) is 0 Å². The van der Waals surface area contributed by atoms with E-state index in [0.29, 0.717) is 0 Å². The van der Waals surface area contributed by atoms with Crippen LogP contribution >= 0.6 is 11.3 Å². The molecule has 0 aliphatic heterocycles. The molecule has 0 saturated carbocycles. The number of hydrogen-bond acceptors (Lipinski definition) is 4. The Balaban J connectivity index is 2.06. The number of hydrogen-bond donors (Lipinski definition) is 0. The summed E-state index contributed by atoms with van der Waals surface area (Å²) >= 11 is 1.69. The van der Waals surface area contributed by atoms with E-state index in [1.54, 1.807) is 30.8 Å². The first kappa shape index (κ1) is 16.5. The van der Waals surface area contributed by atoms with Crippen molar-refractivity contribution in [3.63, 3.8) is 0 Å². The molecule has 4 nitrogen and oxygen atoms in total. The van der Waals surface area contributed by atoms with E-state index in [1.165, 1.54) is 15.0 Å². The zero-order chi connectivity index (χ0) is 17.3. The van der Waals surface area contributed by atoms with Gasteiger partial charge in [0.25, 0.3) is 0 Å². The molecule has 0 aliphatic rings. The number of nitrogens with zero attached hydrogens (tertiary/aromatic N) is 2. The van der Waals surface area contributed by atoms with Crippen molar-refractivity contribution in [2.45, 2.75) is 26.4 Å². The number of thiophene rings is 1. The quantitative estimate of drug-likeness (QED) is 0.633. The maximum Gasteiger partial charge on any atom is 0.414 e. The first-order valence-electron chi connectivity index (χ1n) is 7.74. The Kier molecular flexibility index (Phi) is 4.28. The molecule has 0 bridgehead atoms. The van der Waals surface area contributed by atoms with Crippen LogP contribution in [0.15, 0.2) is 48.1 Å². The van der Waals surface area contributed by atoms with Crippen LogP contribution in [0.1, 0.15) is 20.8 Å². The number of amides is 1. The monoisotopic (exact) mass is 340 g/mol.